The summed E-state index contributed by atoms with van der Waals surface area (Å²) in [6, 6.07) is 9.44. The largest absolute Gasteiger partial charge is 0.438 e. The van der Waals surface area contributed by atoms with Crippen LogP contribution in [-0.4, -0.2) is 40.1 Å². The lowest BCUT2D eigenvalue weighted by molar-refractivity contribution is 0.0723. The molecule has 2 fully saturated rings. The molecule has 1 saturated carbocycles. The van der Waals surface area contributed by atoms with Gasteiger partial charge in [0.25, 0.3) is 5.91 Å². The maximum absolute atomic E-state index is 12.9. The van der Waals surface area contributed by atoms with Crippen LogP contribution in [0.1, 0.15) is 35.9 Å². The Bertz CT molecular complexity index is 855. The van der Waals surface area contributed by atoms with Crippen LogP contribution in [0.5, 0.6) is 11.6 Å². The van der Waals surface area contributed by atoms with E-state index < -0.39 is 0 Å². The fraction of sp³-hybridized carbons (Fsp3) is 0.350. The van der Waals surface area contributed by atoms with Crippen molar-refractivity contribution in [3.05, 3.63) is 58.9 Å². The predicted molar refractivity (Wildman–Crippen MR) is 103 cm³/mol. The van der Waals surface area contributed by atoms with Crippen LogP contribution in [0.4, 0.5) is 0 Å². The Balaban J connectivity index is 1.63. The molecule has 1 aliphatic heterocycles. The lowest BCUT2D eigenvalue weighted by Gasteiger charge is -2.34. The number of carbonyl (C=O) groups is 1. The van der Waals surface area contributed by atoms with Gasteiger partial charge in [0, 0.05) is 24.7 Å². The molecule has 0 spiro atoms. The Kier molecular flexibility index (Phi) is 4.44. The number of carbonyl (C=O) groups excluding carboxylic acids is 1. The van der Waals surface area contributed by atoms with Gasteiger partial charge < -0.3 is 9.64 Å². The lowest BCUT2D eigenvalue weighted by atomic mass is 10.1. The summed E-state index contributed by atoms with van der Waals surface area (Å²) in [5, 5.41) is 2.10. The fourth-order valence-electron chi connectivity index (χ4n) is 2.89. The van der Waals surface area contributed by atoms with Crippen molar-refractivity contribution in [2.45, 2.75) is 25.2 Å². The molecule has 26 heavy (non-hydrogen) atoms. The summed E-state index contributed by atoms with van der Waals surface area (Å²) in [6.07, 6.45) is 5.79. The molecule has 134 valence electrons. The van der Waals surface area contributed by atoms with Crippen molar-refractivity contribution in [3.63, 3.8) is 0 Å². The molecule has 2 aromatic rings. The van der Waals surface area contributed by atoms with E-state index in [2.05, 4.69) is 22.3 Å². The molecule has 1 amide bonds. The quantitative estimate of drug-likeness (QED) is 0.799. The van der Waals surface area contributed by atoms with Crippen molar-refractivity contribution in [1.82, 2.24) is 14.9 Å². The molecule has 1 saturated heterocycles. The zero-order valence-electron chi connectivity index (χ0n) is 14.9. The molecule has 0 unspecified atom stereocenters. The van der Waals surface area contributed by atoms with E-state index in [9.17, 15) is 4.79 Å². The standard InChI is InChI=1S/C20H21N3O2S/c1-20(8-9-20)19-21-10-16(18(24)23-11-14(12-23)13-26-2)17(22-19)25-15-6-4-3-5-7-15/h3-7,10,13H,8-9,11-12H2,1-2H3. The lowest BCUT2D eigenvalue weighted by Crippen LogP contribution is -2.44. The fourth-order valence-corrected chi connectivity index (χ4v) is 3.37. The van der Waals surface area contributed by atoms with Crippen LogP contribution < -0.4 is 4.74 Å². The van der Waals surface area contributed by atoms with E-state index >= 15 is 0 Å². The van der Waals surface area contributed by atoms with Crippen molar-refractivity contribution < 1.29 is 9.53 Å². The zero-order valence-corrected chi connectivity index (χ0v) is 15.8. The van der Waals surface area contributed by atoms with E-state index in [0.717, 1.165) is 18.7 Å². The van der Waals surface area contributed by atoms with E-state index in [-0.39, 0.29) is 11.3 Å². The minimum absolute atomic E-state index is 0.0153. The molecule has 0 bridgehead atoms. The first-order valence-electron chi connectivity index (χ1n) is 8.69. The number of rotatable bonds is 5. The number of ether oxygens (including phenoxy) is 1. The van der Waals surface area contributed by atoms with Gasteiger partial charge in [-0.3, -0.25) is 4.79 Å². The van der Waals surface area contributed by atoms with Crippen molar-refractivity contribution >= 4 is 17.7 Å². The molecular formula is C20H21N3O2S. The molecule has 4 rings (SSSR count). The van der Waals surface area contributed by atoms with Crippen LogP contribution in [0.2, 0.25) is 0 Å². The van der Waals surface area contributed by atoms with Crippen LogP contribution in [0.25, 0.3) is 0 Å². The van der Waals surface area contributed by atoms with Gasteiger partial charge in [0.2, 0.25) is 5.88 Å². The number of likely N-dealkylation sites (tertiary alicyclic amines) is 1. The van der Waals surface area contributed by atoms with Gasteiger partial charge in [0.05, 0.1) is 0 Å². The number of amides is 1. The van der Waals surface area contributed by atoms with Gasteiger partial charge >= 0.3 is 0 Å². The van der Waals surface area contributed by atoms with Gasteiger partial charge in [-0.1, -0.05) is 25.1 Å². The van der Waals surface area contributed by atoms with E-state index in [4.69, 9.17) is 4.74 Å². The highest BCUT2D eigenvalue weighted by Gasteiger charge is 2.43. The molecular weight excluding hydrogens is 346 g/mol. The molecule has 5 nitrogen and oxygen atoms in total. The van der Waals surface area contributed by atoms with Gasteiger partial charge in [0.15, 0.2) is 0 Å². The number of hydrogen-bond donors (Lipinski definition) is 0. The number of para-hydroxylation sites is 1. The minimum Gasteiger partial charge on any atom is -0.438 e. The summed E-state index contributed by atoms with van der Waals surface area (Å²) >= 11 is 1.66. The summed E-state index contributed by atoms with van der Waals surface area (Å²) in [5.41, 5.74) is 1.70. The summed E-state index contributed by atoms with van der Waals surface area (Å²) in [7, 11) is 0. The molecule has 2 aliphatic rings. The Labute approximate surface area is 157 Å². The van der Waals surface area contributed by atoms with Crippen molar-refractivity contribution in [2.24, 2.45) is 0 Å². The molecule has 0 radical (unpaired) electrons. The highest BCUT2D eigenvalue weighted by atomic mass is 32.2. The van der Waals surface area contributed by atoms with Gasteiger partial charge in [-0.25, -0.2) is 4.98 Å². The monoisotopic (exact) mass is 367 g/mol. The molecule has 1 aromatic carbocycles. The number of benzene rings is 1. The third-order valence-electron chi connectivity index (χ3n) is 4.84. The first kappa shape index (κ1) is 17.1. The van der Waals surface area contributed by atoms with Gasteiger partial charge in [-0.15, -0.1) is 11.8 Å². The predicted octanol–water partition coefficient (Wildman–Crippen LogP) is 4.02. The van der Waals surface area contributed by atoms with Crippen LogP contribution >= 0.6 is 11.8 Å². The smallest absolute Gasteiger partial charge is 0.261 e. The normalized spacial score (nSPS) is 17.5. The Morgan fingerprint density at radius 3 is 2.65 bits per heavy atom. The van der Waals surface area contributed by atoms with Crippen LogP contribution in [0.15, 0.2) is 47.5 Å². The van der Waals surface area contributed by atoms with Gasteiger partial charge in [-0.2, -0.15) is 4.98 Å². The second kappa shape index (κ2) is 6.76. The van der Waals surface area contributed by atoms with Crippen molar-refractivity contribution in [2.75, 3.05) is 19.3 Å². The number of nitrogens with zero attached hydrogens (tertiary/aromatic N) is 3. The minimum atomic E-state index is -0.0818. The Morgan fingerprint density at radius 2 is 2.00 bits per heavy atom. The topological polar surface area (TPSA) is 55.3 Å². The summed E-state index contributed by atoms with van der Waals surface area (Å²) in [4.78, 5) is 23.8. The van der Waals surface area contributed by atoms with Crippen LogP contribution in [0, 0.1) is 0 Å². The maximum atomic E-state index is 12.9. The molecule has 1 aromatic heterocycles. The van der Waals surface area contributed by atoms with E-state index in [1.807, 2.05) is 36.6 Å². The highest BCUT2D eigenvalue weighted by molar-refractivity contribution is 8.01. The number of aromatic nitrogens is 2. The average molecular weight is 367 g/mol. The third-order valence-corrected chi connectivity index (χ3v) is 5.41. The summed E-state index contributed by atoms with van der Waals surface area (Å²) in [5.74, 6) is 1.69. The first-order valence-corrected chi connectivity index (χ1v) is 9.98. The second-order valence-corrected chi connectivity index (χ2v) is 7.77. The van der Waals surface area contributed by atoms with Crippen molar-refractivity contribution in [3.8, 4) is 11.6 Å². The number of thioether (sulfide) groups is 1. The molecule has 2 heterocycles. The maximum Gasteiger partial charge on any atom is 0.261 e. The van der Waals surface area contributed by atoms with E-state index in [1.165, 1.54) is 5.57 Å². The molecule has 1 aliphatic carbocycles. The van der Waals surface area contributed by atoms with E-state index in [1.54, 1.807) is 22.9 Å². The zero-order chi connectivity index (χ0) is 18.1. The van der Waals surface area contributed by atoms with E-state index in [0.29, 0.717) is 30.3 Å². The average Bonchev–Trinajstić information content (AvgIpc) is 3.37. The third kappa shape index (κ3) is 3.33. The van der Waals surface area contributed by atoms with Gasteiger partial charge in [0.1, 0.15) is 17.1 Å². The van der Waals surface area contributed by atoms with Crippen LogP contribution in [0.3, 0.4) is 0 Å². The first-order chi connectivity index (χ1) is 12.6. The molecule has 0 atom stereocenters. The van der Waals surface area contributed by atoms with Crippen LogP contribution in [-0.2, 0) is 5.41 Å². The molecule has 6 heteroatoms. The Hall–Kier alpha value is -2.34. The highest BCUT2D eigenvalue weighted by Crippen LogP contribution is 2.46. The summed E-state index contributed by atoms with van der Waals surface area (Å²) < 4.78 is 5.97. The van der Waals surface area contributed by atoms with Crippen molar-refractivity contribution in [1.29, 1.82) is 0 Å². The Morgan fingerprint density at radius 1 is 1.27 bits per heavy atom. The SMILES string of the molecule is CSC=C1CN(C(=O)c2cnc(C3(C)CC3)nc2Oc2ccccc2)C1. The number of hydrogen-bond acceptors (Lipinski definition) is 5. The van der Waals surface area contributed by atoms with Gasteiger partial charge in [-0.05, 0) is 42.2 Å². The molecule has 0 N–H and O–H groups in total. The second-order valence-electron chi connectivity index (χ2n) is 7.06. The summed E-state index contributed by atoms with van der Waals surface area (Å²) in [6.45, 7) is 3.46.